The van der Waals surface area contributed by atoms with Gasteiger partial charge in [-0.3, -0.25) is 30.0 Å². The van der Waals surface area contributed by atoms with Crippen molar-refractivity contribution in [1.82, 2.24) is 10.9 Å². The van der Waals surface area contributed by atoms with Gasteiger partial charge < -0.3 is 4.74 Å². The molecule has 150 valence electrons. The molecule has 0 bridgehead atoms. The van der Waals surface area contributed by atoms with E-state index in [1.54, 1.807) is 36.4 Å². The van der Waals surface area contributed by atoms with Crippen molar-refractivity contribution in [2.45, 2.75) is 32.6 Å². The molecule has 0 aliphatic heterocycles. The quantitative estimate of drug-likeness (QED) is 0.474. The molecule has 2 aromatic carbocycles. The highest BCUT2D eigenvalue weighted by atomic mass is 16.5. The Morgan fingerprint density at radius 2 is 1.48 bits per heavy atom. The van der Waals surface area contributed by atoms with Crippen LogP contribution in [0.15, 0.2) is 42.5 Å². The van der Waals surface area contributed by atoms with E-state index in [1.807, 2.05) is 6.92 Å². The maximum atomic E-state index is 12.9. The Bertz CT molecular complexity index is 967. The molecule has 0 fully saturated rings. The van der Waals surface area contributed by atoms with Crippen LogP contribution >= 0.6 is 0 Å². The van der Waals surface area contributed by atoms with E-state index in [-0.39, 0.29) is 34.4 Å². The molecule has 29 heavy (non-hydrogen) atoms. The number of ketones is 2. The lowest BCUT2D eigenvalue weighted by Gasteiger charge is -2.20. The molecular weight excluding hydrogens is 372 g/mol. The van der Waals surface area contributed by atoms with Gasteiger partial charge in [-0.2, -0.15) is 0 Å². The molecule has 2 amide bonds. The van der Waals surface area contributed by atoms with Gasteiger partial charge >= 0.3 is 0 Å². The maximum absolute atomic E-state index is 12.9. The number of hydrazine groups is 1. The summed E-state index contributed by atoms with van der Waals surface area (Å²) in [6.45, 7) is 1.63. The topological polar surface area (TPSA) is 102 Å². The molecule has 7 heteroatoms. The number of fused-ring (bicyclic) bond motifs is 2. The summed E-state index contributed by atoms with van der Waals surface area (Å²) in [5.41, 5.74) is 5.66. The van der Waals surface area contributed by atoms with Crippen LogP contribution in [-0.2, 0) is 9.59 Å². The first-order chi connectivity index (χ1) is 14.0. The van der Waals surface area contributed by atoms with Gasteiger partial charge in [0.15, 0.2) is 18.2 Å². The molecule has 0 spiro atoms. The minimum Gasteiger partial charge on any atom is -0.483 e. The lowest BCUT2D eigenvalue weighted by Crippen LogP contribution is -2.43. The third-order valence-electron chi connectivity index (χ3n) is 4.62. The van der Waals surface area contributed by atoms with Crippen LogP contribution in [0.2, 0.25) is 0 Å². The lowest BCUT2D eigenvalue weighted by molar-refractivity contribution is -0.130. The molecule has 0 unspecified atom stereocenters. The van der Waals surface area contributed by atoms with Crippen LogP contribution in [0, 0.1) is 0 Å². The summed E-state index contributed by atoms with van der Waals surface area (Å²) in [7, 11) is 0. The smallest absolute Gasteiger partial charge is 0.276 e. The molecule has 7 nitrogen and oxygen atoms in total. The highest BCUT2D eigenvalue weighted by molar-refractivity contribution is 6.29. The molecule has 1 aliphatic rings. The van der Waals surface area contributed by atoms with Crippen molar-refractivity contribution in [2.75, 3.05) is 6.61 Å². The van der Waals surface area contributed by atoms with Crippen LogP contribution in [0.3, 0.4) is 0 Å². The van der Waals surface area contributed by atoms with Crippen molar-refractivity contribution in [1.29, 1.82) is 0 Å². The normalized spacial score (nSPS) is 12.0. The van der Waals surface area contributed by atoms with E-state index < -0.39 is 12.5 Å². The third-order valence-corrected chi connectivity index (χ3v) is 4.62. The summed E-state index contributed by atoms with van der Waals surface area (Å²) in [5, 5.41) is 0. The van der Waals surface area contributed by atoms with Gasteiger partial charge in [0, 0.05) is 23.1 Å². The standard InChI is InChI=1S/C22H22N2O5/c1-2-3-4-12-18(25)23-24-19(26)13-29-17-11-7-10-16-20(17)22(28)15-9-6-5-8-14(15)21(16)27/h5-11H,2-4,12-13H2,1H3,(H,23,25)(H,24,26). The highest BCUT2D eigenvalue weighted by Crippen LogP contribution is 2.33. The average molecular weight is 394 g/mol. The molecule has 0 heterocycles. The molecule has 0 saturated carbocycles. The van der Waals surface area contributed by atoms with E-state index in [4.69, 9.17) is 4.74 Å². The number of benzene rings is 2. The largest absolute Gasteiger partial charge is 0.483 e. The number of carbonyl (C=O) groups excluding carboxylic acids is 4. The Labute approximate surface area is 168 Å². The molecule has 1 aliphatic carbocycles. The van der Waals surface area contributed by atoms with Crippen molar-refractivity contribution < 1.29 is 23.9 Å². The van der Waals surface area contributed by atoms with Gasteiger partial charge in [-0.1, -0.05) is 56.2 Å². The Morgan fingerprint density at radius 1 is 0.828 bits per heavy atom. The summed E-state index contributed by atoms with van der Waals surface area (Å²) in [5.74, 6) is -1.28. The third kappa shape index (κ3) is 4.51. The molecule has 3 rings (SSSR count). The fourth-order valence-corrected chi connectivity index (χ4v) is 3.15. The molecule has 0 atom stereocenters. The van der Waals surface area contributed by atoms with Crippen molar-refractivity contribution in [2.24, 2.45) is 0 Å². The minimum atomic E-state index is -0.568. The van der Waals surface area contributed by atoms with Crippen LogP contribution in [-0.4, -0.2) is 30.0 Å². The van der Waals surface area contributed by atoms with Gasteiger partial charge in [-0.05, 0) is 12.5 Å². The van der Waals surface area contributed by atoms with E-state index in [0.29, 0.717) is 17.5 Å². The van der Waals surface area contributed by atoms with Crippen LogP contribution in [0.1, 0.15) is 64.4 Å². The molecule has 0 aromatic heterocycles. The molecule has 0 radical (unpaired) electrons. The van der Waals surface area contributed by atoms with Crippen LogP contribution in [0.4, 0.5) is 0 Å². The minimum absolute atomic E-state index is 0.146. The van der Waals surface area contributed by atoms with E-state index in [1.165, 1.54) is 6.07 Å². The maximum Gasteiger partial charge on any atom is 0.276 e. The summed E-state index contributed by atoms with van der Waals surface area (Å²) in [6.07, 6.45) is 3.03. The first-order valence-corrected chi connectivity index (χ1v) is 9.54. The van der Waals surface area contributed by atoms with Crippen molar-refractivity contribution >= 4 is 23.4 Å². The highest BCUT2D eigenvalue weighted by Gasteiger charge is 2.32. The van der Waals surface area contributed by atoms with Crippen molar-refractivity contribution in [3.05, 3.63) is 64.7 Å². The number of hydrogen-bond acceptors (Lipinski definition) is 5. The Kier molecular flexibility index (Phi) is 6.39. The zero-order valence-corrected chi connectivity index (χ0v) is 16.1. The number of unbranched alkanes of at least 4 members (excludes halogenated alkanes) is 2. The van der Waals surface area contributed by atoms with Crippen LogP contribution < -0.4 is 15.6 Å². The van der Waals surface area contributed by atoms with Crippen molar-refractivity contribution in [3.8, 4) is 5.75 Å². The number of hydrogen-bond donors (Lipinski definition) is 2. The van der Waals surface area contributed by atoms with Gasteiger partial charge in [-0.15, -0.1) is 0 Å². The summed E-state index contributed by atoms with van der Waals surface area (Å²) < 4.78 is 5.49. The van der Waals surface area contributed by atoms with Crippen LogP contribution in [0.5, 0.6) is 5.75 Å². The van der Waals surface area contributed by atoms with E-state index >= 15 is 0 Å². The predicted molar refractivity (Wildman–Crippen MR) is 106 cm³/mol. The zero-order valence-electron chi connectivity index (χ0n) is 16.1. The van der Waals surface area contributed by atoms with Gasteiger partial charge in [-0.25, -0.2) is 0 Å². The molecular formula is C22H22N2O5. The molecule has 2 aromatic rings. The zero-order chi connectivity index (χ0) is 20.8. The second-order valence-electron chi connectivity index (χ2n) is 6.72. The fourth-order valence-electron chi connectivity index (χ4n) is 3.15. The number of carbonyl (C=O) groups is 4. The first-order valence-electron chi connectivity index (χ1n) is 9.54. The van der Waals surface area contributed by atoms with Crippen molar-refractivity contribution in [3.63, 3.8) is 0 Å². The van der Waals surface area contributed by atoms with Gasteiger partial charge in [0.2, 0.25) is 5.91 Å². The Hall–Kier alpha value is -3.48. The Morgan fingerprint density at radius 3 is 2.21 bits per heavy atom. The van der Waals surface area contributed by atoms with Gasteiger partial charge in [0.1, 0.15) is 5.75 Å². The lowest BCUT2D eigenvalue weighted by atomic mass is 9.83. The fraction of sp³-hybridized carbons (Fsp3) is 0.273. The second kappa shape index (κ2) is 9.14. The summed E-state index contributed by atoms with van der Waals surface area (Å²) >= 11 is 0. The van der Waals surface area contributed by atoms with E-state index in [0.717, 1.165) is 19.3 Å². The van der Waals surface area contributed by atoms with Gasteiger partial charge in [0.25, 0.3) is 5.91 Å². The number of ether oxygens (including phenoxy) is 1. The number of nitrogens with one attached hydrogen (secondary N) is 2. The SMILES string of the molecule is CCCCCC(=O)NNC(=O)COc1cccc2c1C(=O)c1ccccc1C2=O. The summed E-state index contributed by atoms with van der Waals surface area (Å²) in [4.78, 5) is 49.2. The molecule has 0 saturated heterocycles. The van der Waals surface area contributed by atoms with Gasteiger partial charge in [0.05, 0.1) is 5.56 Å². The predicted octanol–water partition coefficient (Wildman–Crippen LogP) is 2.57. The average Bonchev–Trinajstić information content (AvgIpc) is 2.74. The number of amides is 2. The monoisotopic (exact) mass is 394 g/mol. The molecule has 2 N–H and O–H groups in total. The van der Waals surface area contributed by atoms with E-state index in [9.17, 15) is 19.2 Å². The second-order valence-corrected chi connectivity index (χ2v) is 6.72. The Balaban J connectivity index is 1.65. The first kappa shape index (κ1) is 20.3. The van der Waals surface area contributed by atoms with E-state index in [2.05, 4.69) is 10.9 Å². The van der Waals surface area contributed by atoms with Crippen LogP contribution in [0.25, 0.3) is 0 Å². The summed E-state index contributed by atoms with van der Waals surface area (Å²) in [6, 6.07) is 11.3. The number of rotatable bonds is 7.